The van der Waals surface area contributed by atoms with E-state index in [-0.39, 0.29) is 37.0 Å². The Morgan fingerprint density at radius 2 is 2.04 bits per heavy atom. The lowest BCUT2D eigenvalue weighted by atomic mass is 10.1. The van der Waals surface area contributed by atoms with Crippen LogP contribution in [0.3, 0.4) is 0 Å². The Hall–Kier alpha value is -3.03. The number of nitrogens with one attached hydrogen (secondary N) is 1. The van der Waals surface area contributed by atoms with Crippen LogP contribution >= 0.6 is 0 Å². The van der Waals surface area contributed by atoms with E-state index >= 15 is 0 Å². The van der Waals surface area contributed by atoms with Crippen molar-refractivity contribution in [3.8, 4) is 11.5 Å². The summed E-state index contributed by atoms with van der Waals surface area (Å²) in [4.78, 5) is 24.4. The summed E-state index contributed by atoms with van der Waals surface area (Å²) >= 11 is 0. The average Bonchev–Trinajstić information content (AvgIpc) is 2.95. The van der Waals surface area contributed by atoms with E-state index in [0.717, 1.165) is 5.69 Å². The van der Waals surface area contributed by atoms with Crippen LogP contribution in [0, 0.1) is 6.92 Å². The molecular weight excluding hydrogens is 326 g/mol. The molecule has 0 fully saturated rings. The number of carbonyl (C=O) groups is 2. The molecule has 1 heterocycles. The van der Waals surface area contributed by atoms with Crippen molar-refractivity contribution in [1.82, 2.24) is 15.1 Å². The zero-order valence-corrected chi connectivity index (χ0v) is 14.1. The molecular formula is C17H21N3O5. The van der Waals surface area contributed by atoms with Crippen LogP contribution in [0.4, 0.5) is 0 Å². The summed E-state index contributed by atoms with van der Waals surface area (Å²) in [6.45, 7) is 3.67. The van der Waals surface area contributed by atoms with Gasteiger partial charge in [-0.15, -0.1) is 0 Å². The van der Waals surface area contributed by atoms with E-state index in [1.807, 2.05) is 6.92 Å². The fraction of sp³-hybridized carbons (Fsp3) is 0.353. The molecule has 1 amide bonds. The maximum atomic E-state index is 12.2. The largest absolute Gasteiger partial charge is 0.504 e. The number of hydrogen-bond acceptors (Lipinski definition) is 6. The molecule has 0 saturated heterocycles. The minimum absolute atomic E-state index is 0.0183. The number of phenolic OH excluding ortho intramolecular Hbond substituents is 2. The van der Waals surface area contributed by atoms with Crippen LogP contribution in [0.1, 0.15) is 18.2 Å². The normalized spacial score (nSPS) is 11.8. The van der Waals surface area contributed by atoms with E-state index in [4.69, 9.17) is 4.74 Å². The van der Waals surface area contributed by atoms with Gasteiger partial charge in [0, 0.05) is 18.3 Å². The minimum Gasteiger partial charge on any atom is -0.504 e. The van der Waals surface area contributed by atoms with Gasteiger partial charge >= 0.3 is 5.97 Å². The van der Waals surface area contributed by atoms with Gasteiger partial charge in [0.25, 0.3) is 0 Å². The SMILES string of the molecule is CCOC(=O)[C@H](Cc1ccc(O)c(O)c1)NC(=O)Cn1nccc1C. The summed E-state index contributed by atoms with van der Waals surface area (Å²) in [5.41, 5.74) is 1.40. The van der Waals surface area contributed by atoms with Crippen LogP contribution in [0.25, 0.3) is 0 Å². The van der Waals surface area contributed by atoms with E-state index in [1.54, 1.807) is 25.3 Å². The van der Waals surface area contributed by atoms with Crippen LogP contribution < -0.4 is 5.32 Å². The smallest absolute Gasteiger partial charge is 0.328 e. The van der Waals surface area contributed by atoms with Gasteiger partial charge in [-0.1, -0.05) is 6.07 Å². The molecule has 0 aliphatic carbocycles. The lowest BCUT2D eigenvalue weighted by Gasteiger charge is -2.18. The van der Waals surface area contributed by atoms with Crippen LogP contribution in [0.2, 0.25) is 0 Å². The van der Waals surface area contributed by atoms with E-state index in [0.29, 0.717) is 5.56 Å². The topological polar surface area (TPSA) is 114 Å². The van der Waals surface area contributed by atoms with Gasteiger partial charge < -0.3 is 20.3 Å². The number of hydrogen-bond donors (Lipinski definition) is 3. The molecule has 2 rings (SSSR count). The van der Waals surface area contributed by atoms with Gasteiger partial charge in [0.2, 0.25) is 5.91 Å². The zero-order valence-electron chi connectivity index (χ0n) is 14.1. The lowest BCUT2D eigenvalue weighted by molar-refractivity contribution is -0.147. The fourth-order valence-electron chi connectivity index (χ4n) is 2.31. The number of phenols is 2. The fourth-order valence-corrected chi connectivity index (χ4v) is 2.31. The standard InChI is InChI=1S/C17H21N3O5/c1-3-25-17(24)13(8-12-4-5-14(21)15(22)9-12)19-16(23)10-20-11(2)6-7-18-20/h4-7,9,13,21-22H,3,8,10H2,1-2H3,(H,19,23)/t13-/m0/s1. The highest BCUT2D eigenvalue weighted by atomic mass is 16.5. The summed E-state index contributed by atoms with van der Waals surface area (Å²) in [6, 6.07) is 5.08. The monoisotopic (exact) mass is 347 g/mol. The maximum Gasteiger partial charge on any atom is 0.328 e. The molecule has 0 radical (unpaired) electrons. The first-order chi connectivity index (χ1) is 11.9. The molecule has 0 aliphatic heterocycles. The molecule has 134 valence electrons. The Morgan fingerprint density at radius 3 is 2.64 bits per heavy atom. The molecule has 0 bridgehead atoms. The summed E-state index contributed by atoms with van der Waals surface area (Å²) < 4.78 is 6.52. The number of aromatic nitrogens is 2. The number of aryl methyl sites for hydroxylation is 1. The van der Waals surface area contributed by atoms with Gasteiger partial charge in [-0.05, 0) is 37.6 Å². The first-order valence-corrected chi connectivity index (χ1v) is 7.86. The third-order valence-electron chi connectivity index (χ3n) is 3.61. The Morgan fingerprint density at radius 1 is 1.28 bits per heavy atom. The van der Waals surface area contributed by atoms with Crippen molar-refractivity contribution in [2.24, 2.45) is 0 Å². The van der Waals surface area contributed by atoms with Gasteiger partial charge in [-0.25, -0.2) is 4.79 Å². The third-order valence-corrected chi connectivity index (χ3v) is 3.61. The van der Waals surface area contributed by atoms with Crippen molar-refractivity contribution < 1.29 is 24.5 Å². The number of esters is 1. The Bertz CT molecular complexity index is 756. The molecule has 0 spiro atoms. The molecule has 2 aromatic rings. The van der Waals surface area contributed by atoms with Gasteiger partial charge in [0.1, 0.15) is 12.6 Å². The van der Waals surface area contributed by atoms with Crippen molar-refractivity contribution in [3.05, 3.63) is 41.7 Å². The summed E-state index contributed by atoms with van der Waals surface area (Å²) in [5.74, 6) is -1.50. The molecule has 25 heavy (non-hydrogen) atoms. The highest BCUT2D eigenvalue weighted by Crippen LogP contribution is 2.25. The van der Waals surface area contributed by atoms with Gasteiger partial charge in [0.05, 0.1) is 6.61 Å². The van der Waals surface area contributed by atoms with Gasteiger partial charge in [-0.2, -0.15) is 5.10 Å². The van der Waals surface area contributed by atoms with Gasteiger partial charge in [0.15, 0.2) is 11.5 Å². The minimum atomic E-state index is -0.910. The molecule has 1 aromatic carbocycles. The van der Waals surface area contributed by atoms with Crippen molar-refractivity contribution in [2.45, 2.75) is 32.9 Å². The number of benzene rings is 1. The van der Waals surface area contributed by atoms with E-state index in [2.05, 4.69) is 10.4 Å². The Balaban J connectivity index is 2.09. The average molecular weight is 347 g/mol. The van der Waals surface area contributed by atoms with E-state index in [1.165, 1.54) is 16.8 Å². The number of ether oxygens (including phenoxy) is 1. The predicted molar refractivity (Wildman–Crippen MR) is 89.0 cm³/mol. The van der Waals surface area contributed by atoms with Crippen LogP contribution in [-0.2, 0) is 27.3 Å². The first kappa shape index (κ1) is 18.3. The highest BCUT2D eigenvalue weighted by molar-refractivity contribution is 5.84. The van der Waals surface area contributed by atoms with Crippen molar-refractivity contribution >= 4 is 11.9 Å². The number of aromatic hydroxyl groups is 2. The second-order valence-electron chi connectivity index (χ2n) is 5.53. The van der Waals surface area contributed by atoms with Crippen LogP contribution in [0.15, 0.2) is 30.5 Å². The molecule has 0 aliphatic rings. The summed E-state index contributed by atoms with van der Waals surface area (Å²) in [7, 11) is 0. The molecule has 8 nitrogen and oxygen atoms in total. The Labute approximate surface area is 145 Å². The molecule has 1 atom stereocenters. The lowest BCUT2D eigenvalue weighted by Crippen LogP contribution is -2.44. The number of amides is 1. The van der Waals surface area contributed by atoms with Gasteiger partial charge in [-0.3, -0.25) is 9.48 Å². The predicted octanol–water partition coefficient (Wildman–Crippen LogP) is 0.893. The number of rotatable bonds is 7. The highest BCUT2D eigenvalue weighted by Gasteiger charge is 2.23. The molecule has 0 unspecified atom stereocenters. The first-order valence-electron chi connectivity index (χ1n) is 7.86. The summed E-state index contributed by atoms with van der Waals surface area (Å²) in [5, 5.41) is 25.6. The second-order valence-corrected chi connectivity index (χ2v) is 5.53. The molecule has 8 heteroatoms. The maximum absolute atomic E-state index is 12.2. The number of nitrogens with zero attached hydrogens (tertiary/aromatic N) is 2. The Kier molecular flexibility index (Phi) is 5.99. The van der Waals surface area contributed by atoms with Crippen LogP contribution in [-0.4, -0.2) is 44.5 Å². The zero-order chi connectivity index (χ0) is 18.4. The molecule has 0 saturated carbocycles. The van der Waals surface area contributed by atoms with Crippen molar-refractivity contribution in [2.75, 3.05) is 6.61 Å². The quantitative estimate of drug-likeness (QED) is 0.506. The molecule has 3 N–H and O–H groups in total. The van der Waals surface area contributed by atoms with E-state index in [9.17, 15) is 19.8 Å². The molecule has 1 aromatic heterocycles. The van der Waals surface area contributed by atoms with Crippen molar-refractivity contribution in [1.29, 1.82) is 0 Å². The summed E-state index contributed by atoms with van der Waals surface area (Å²) in [6.07, 6.45) is 1.71. The third kappa shape index (κ3) is 4.97. The van der Waals surface area contributed by atoms with Crippen LogP contribution in [0.5, 0.6) is 11.5 Å². The van der Waals surface area contributed by atoms with Crippen molar-refractivity contribution in [3.63, 3.8) is 0 Å². The van der Waals surface area contributed by atoms with E-state index < -0.39 is 12.0 Å². The number of carbonyl (C=O) groups excluding carboxylic acids is 2. The second kappa shape index (κ2) is 8.18.